The summed E-state index contributed by atoms with van der Waals surface area (Å²) in [6, 6.07) is -0.181. The molecular formula is C10H16N2O3. The first-order chi connectivity index (χ1) is 7.09. The van der Waals surface area contributed by atoms with Gasteiger partial charge < -0.3 is 15.3 Å². The van der Waals surface area contributed by atoms with Crippen molar-refractivity contribution < 1.29 is 14.7 Å². The Labute approximate surface area is 88.8 Å². The number of aliphatic carboxylic acids is 1. The molecule has 0 saturated carbocycles. The fourth-order valence-electron chi connectivity index (χ4n) is 1.34. The molecule has 1 aliphatic rings. The van der Waals surface area contributed by atoms with Gasteiger partial charge in [-0.25, -0.2) is 4.79 Å². The molecule has 0 spiro atoms. The van der Waals surface area contributed by atoms with Crippen molar-refractivity contribution in [3.8, 4) is 0 Å². The van der Waals surface area contributed by atoms with Crippen molar-refractivity contribution in [3.63, 3.8) is 0 Å². The summed E-state index contributed by atoms with van der Waals surface area (Å²) >= 11 is 0. The lowest BCUT2D eigenvalue weighted by Gasteiger charge is -2.25. The van der Waals surface area contributed by atoms with Crippen molar-refractivity contribution in [1.29, 1.82) is 0 Å². The highest BCUT2D eigenvalue weighted by Gasteiger charge is 2.14. The second kappa shape index (κ2) is 5.38. The van der Waals surface area contributed by atoms with Crippen LogP contribution in [0.3, 0.4) is 0 Å². The fraction of sp³-hybridized carbons (Fsp3) is 0.600. The highest BCUT2D eigenvalue weighted by molar-refractivity contribution is 5.75. The molecule has 0 radical (unpaired) electrons. The molecule has 0 atom stereocenters. The van der Waals surface area contributed by atoms with Gasteiger partial charge in [0.1, 0.15) is 0 Å². The second-order valence-electron chi connectivity index (χ2n) is 3.62. The SMILES string of the molecule is CC1=CCN(C(=O)NCCC(=O)O)CC1. The number of nitrogens with one attached hydrogen (secondary N) is 1. The molecule has 0 saturated heterocycles. The Bertz CT molecular complexity index is 286. The Morgan fingerprint density at radius 3 is 2.87 bits per heavy atom. The van der Waals surface area contributed by atoms with Gasteiger partial charge in [0.05, 0.1) is 6.42 Å². The first-order valence-electron chi connectivity index (χ1n) is 5.00. The van der Waals surface area contributed by atoms with Gasteiger partial charge in [0.25, 0.3) is 0 Å². The van der Waals surface area contributed by atoms with Gasteiger partial charge in [-0.3, -0.25) is 4.79 Å². The monoisotopic (exact) mass is 212 g/mol. The molecule has 0 unspecified atom stereocenters. The number of carbonyl (C=O) groups excluding carboxylic acids is 1. The molecule has 2 N–H and O–H groups in total. The van der Waals surface area contributed by atoms with Gasteiger partial charge in [-0.2, -0.15) is 0 Å². The van der Waals surface area contributed by atoms with Crippen LogP contribution in [0.1, 0.15) is 19.8 Å². The lowest BCUT2D eigenvalue weighted by molar-refractivity contribution is -0.136. The lowest BCUT2D eigenvalue weighted by Crippen LogP contribution is -2.42. The Morgan fingerprint density at radius 2 is 2.33 bits per heavy atom. The minimum Gasteiger partial charge on any atom is -0.481 e. The van der Waals surface area contributed by atoms with Crippen molar-refractivity contribution in [2.45, 2.75) is 19.8 Å². The quantitative estimate of drug-likeness (QED) is 0.680. The van der Waals surface area contributed by atoms with Gasteiger partial charge in [0, 0.05) is 19.6 Å². The number of nitrogens with zero attached hydrogens (tertiary/aromatic N) is 1. The highest BCUT2D eigenvalue weighted by atomic mass is 16.4. The normalized spacial score (nSPS) is 15.8. The van der Waals surface area contributed by atoms with Crippen LogP contribution >= 0.6 is 0 Å². The van der Waals surface area contributed by atoms with Crippen LogP contribution in [0, 0.1) is 0 Å². The van der Waals surface area contributed by atoms with Crippen molar-refractivity contribution in [1.82, 2.24) is 10.2 Å². The maximum absolute atomic E-state index is 11.5. The smallest absolute Gasteiger partial charge is 0.317 e. The summed E-state index contributed by atoms with van der Waals surface area (Å²) in [5.74, 6) is -0.898. The van der Waals surface area contributed by atoms with Gasteiger partial charge >= 0.3 is 12.0 Å². The van der Waals surface area contributed by atoms with E-state index in [-0.39, 0.29) is 19.0 Å². The maximum Gasteiger partial charge on any atom is 0.317 e. The van der Waals surface area contributed by atoms with Crippen LogP contribution < -0.4 is 5.32 Å². The van der Waals surface area contributed by atoms with Crippen LogP contribution in [0.2, 0.25) is 0 Å². The Balaban J connectivity index is 2.26. The van der Waals surface area contributed by atoms with Crippen molar-refractivity contribution in [2.24, 2.45) is 0 Å². The largest absolute Gasteiger partial charge is 0.481 e. The lowest BCUT2D eigenvalue weighted by atomic mass is 10.1. The van der Waals surface area contributed by atoms with Crippen molar-refractivity contribution in [3.05, 3.63) is 11.6 Å². The zero-order chi connectivity index (χ0) is 11.3. The van der Waals surface area contributed by atoms with E-state index in [1.165, 1.54) is 5.57 Å². The molecule has 0 aromatic rings. The Hall–Kier alpha value is -1.52. The summed E-state index contributed by atoms with van der Waals surface area (Å²) in [6.07, 6.45) is 2.88. The van der Waals surface area contributed by atoms with E-state index in [4.69, 9.17) is 5.11 Å². The van der Waals surface area contributed by atoms with Crippen molar-refractivity contribution >= 4 is 12.0 Å². The van der Waals surface area contributed by atoms with E-state index in [9.17, 15) is 9.59 Å². The third-order valence-corrected chi connectivity index (χ3v) is 2.34. The first-order valence-corrected chi connectivity index (χ1v) is 5.00. The zero-order valence-corrected chi connectivity index (χ0v) is 8.82. The molecule has 2 amide bonds. The number of carbonyl (C=O) groups is 2. The molecule has 5 heteroatoms. The van der Waals surface area contributed by atoms with E-state index < -0.39 is 5.97 Å². The van der Waals surface area contributed by atoms with Crippen LogP contribution in [0.4, 0.5) is 4.79 Å². The van der Waals surface area contributed by atoms with Crippen LogP contribution in [-0.4, -0.2) is 41.6 Å². The molecule has 1 heterocycles. The van der Waals surface area contributed by atoms with Gasteiger partial charge in [0.15, 0.2) is 0 Å². The molecule has 0 fully saturated rings. The number of carboxylic acid groups (broad SMARTS) is 1. The summed E-state index contributed by atoms with van der Waals surface area (Å²) in [4.78, 5) is 23.4. The van der Waals surface area contributed by atoms with E-state index in [1.54, 1.807) is 4.90 Å². The molecule has 84 valence electrons. The number of carboxylic acids is 1. The second-order valence-corrected chi connectivity index (χ2v) is 3.62. The standard InChI is InChI=1S/C10H16N2O3/c1-8-3-6-12(7-4-8)10(15)11-5-2-9(13)14/h3H,2,4-7H2,1H3,(H,11,15)(H,13,14). The predicted molar refractivity (Wildman–Crippen MR) is 55.6 cm³/mol. The van der Waals surface area contributed by atoms with Crippen molar-refractivity contribution in [2.75, 3.05) is 19.6 Å². The van der Waals surface area contributed by atoms with E-state index >= 15 is 0 Å². The summed E-state index contributed by atoms with van der Waals surface area (Å²) in [5, 5.41) is 11.0. The van der Waals surface area contributed by atoms with Crippen LogP contribution in [0.15, 0.2) is 11.6 Å². The number of hydrogen-bond donors (Lipinski definition) is 2. The predicted octanol–water partition coefficient (Wildman–Crippen LogP) is 0.823. The number of rotatable bonds is 3. The van der Waals surface area contributed by atoms with Crippen LogP contribution in [-0.2, 0) is 4.79 Å². The minimum absolute atomic E-state index is 0.0333. The average molecular weight is 212 g/mol. The maximum atomic E-state index is 11.5. The Kier molecular flexibility index (Phi) is 4.15. The third-order valence-electron chi connectivity index (χ3n) is 2.34. The molecule has 5 nitrogen and oxygen atoms in total. The van der Waals surface area contributed by atoms with E-state index in [2.05, 4.69) is 5.32 Å². The average Bonchev–Trinajstić information content (AvgIpc) is 2.18. The van der Waals surface area contributed by atoms with Gasteiger partial charge in [-0.15, -0.1) is 0 Å². The topological polar surface area (TPSA) is 69.6 Å². The summed E-state index contributed by atoms with van der Waals surface area (Å²) in [6.45, 7) is 3.55. The van der Waals surface area contributed by atoms with E-state index in [0.29, 0.717) is 13.1 Å². The molecule has 0 aromatic carbocycles. The number of urea groups is 1. The summed E-state index contributed by atoms with van der Waals surface area (Å²) in [5.41, 5.74) is 1.30. The van der Waals surface area contributed by atoms with Gasteiger partial charge in [-0.1, -0.05) is 11.6 Å². The molecule has 0 aliphatic carbocycles. The number of amides is 2. The van der Waals surface area contributed by atoms with Crippen LogP contribution in [0.5, 0.6) is 0 Å². The fourth-order valence-corrected chi connectivity index (χ4v) is 1.34. The number of hydrogen-bond acceptors (Lipinski definition) is 2. The zero-order valence-electron chi connectivity index (χ0n) is 8.82. The molecule has 15 heavy (non-hydrogen) atoms. The van der Waals surface area contributed by atoms with Crippen LogP contribution in [0.25, 0.3) is 0 Å². The first kappa shape index (κ1) is 11.6. The van der Waals surface area contributed by atoms with E-state index in [1.807, 2.05) is 13.0 Å². The highest BCUT2D eigenvalue weighted by Crippen LogP contribution is 2.08. The minimum atomic E-state index is -0.898. The molecular weight excluding hydrogens is 196 g/mol. The van der Waals surface area contributed by atoms with Gasteiger partial charge in [-0.05, 0) is 13.3 Å². The molecule has 1 aliphatic heterocycles. The Morgan fingerprint density at radius 1 is 1.60 bits per heavy atom. The summed E-state index contributed by atoms with van der Waals surface area (Å²) in [7, 11) is 0. The van der Waals surface area contributed by atoms with E-state index in [0.717, 1.165) is 6.42 Å². The molecule has 0 aromatic heterocycles. The summed E-state index contributed by atoms with van der Waals surface area (Å²) < 4.78 is 0. The third kappa shape index (κ3) is 4.01. The molecule has 1 rings (SSSR count). The van der Waals surface area contributed by atoms with Gasteiger partial charge in [0.2, 0.25) is 0 Å². The molecule has 0 bridgehead atoms.